The van der Waals surface area contributed by atoms with Crippen LogP contribution in [0.4, 0.5) is 11.4 Å². The smallest absolute Gasteiger partial charge is 0.333 e. The van der Waals surface area contributed by atoms with Crippen molar-refractivity contribution in [3.05, 3.63) is 198 Å². The van der Waals surface area contributed by atoms with Gasteiger partial charge in [-0.05, 0) is 126 Å². The zero-order valence-corrected chi connectivity index (χ0v) is 43.7. The SMILES string of the molecule is CC(C)(C)c1ccc(N2B3c4cc5sc(-c6ccccc6)c(-c6ccccc6)c5cc4-n4c5ccc(C(C)(C)C)cc5c5c6c(c(c3c54)-c3cc4c(cc32)sc2ccccc24)C(C)(C)c2ccccc2-6)cc1. The van der Waals surface area contributed by atoms with Crippen LogP contribution in [0.3, 0.4) is 0 Å². The van der Waals surface area contributed by atoms with Crippen molar-refractivity contribution in [2.75, 3.05) is 4.81 Å². The van der Waals surface area contributed by atoms with Crippen molar-refractivity contribution in [2.45, 2.75) is 71.6 Å². The highest BCUT2D eigenvalue weighted by Crippen LogP contribution is 2.60. The molecule has 3 aromatic heterocycles. The van der Waals surface area contributed by atoms with Crippen LogP contribution in [-0.2, 0) is 16.2 Å². The van der Waals surface area contributed by atoms with Crippen molar-refractivity contribution in [2.24, 2.45) is 0 Å². The molecule has 346 valence electrons. The number of rotatable bonds is 3. The van der Waals surface area contributed by atoms with E-state index in [1.807, 2.05) is 22.7 Å². The summed E-state index contributed by atoms with van der Waals surface area (Å²) >= 11 is 3.86. The molecule has 0 amide bonds. The Balaban J connectivity index is 1.18. The third-order valence-electron chi connectivity index (χ3n) is 16.6. The highest BCUT2D eigenvalue weighted by molar-refractivity contribution is 7.26. The number of fused-ring (bicyclic) bond motifs is 17. The van der Waals surface area contributed by atoms with E-state index < -0.39 is 0 Å². The summed E-state index contributed by atoms with van der Waals surface area (Å²) in [5, 5.41) is 6.67. The lowest BCUT2D eigenvalue weighted by molar-refractivity contribution is 0.590. The molecule has 0 unspecified atom stereocenters. The van der Waals surface area contributed by atoms with E-state index in [4.69, 9.17) is 0 Å². The molecule has 0 spiro atoms. The van der Waals surface area contributed by atoms with E-state index in [9.17, 15) is 0 Å². The normalized spacial score (nSPS) is 14.4. The molecule has 0 N–H and O–H groups in total. The van der Waals surface area contributed by atoms with Crippen molar-refractivity contribution in [1.29, 1.82) is 0 Å². The van der Waals surface area contributed by atoms with E-state index in [0.717, 1.165) is 0 Å². The Hall–Kier alpha value is -7.18. The second kappa shape index (κ2) is 14.5. The molecule has 0 radical (unpaired) electrons. The van der Waals surface area contributed by atoms with Gasteiger partial charge >= 0.3 is 6.85 Å². The van der Waals surface area contributed by atoms with Crippen molar-refractivity contribution >= 4 is 104 Å². The Bertz CT molecular complexity index is 4310. The van der Waals surface area contributed by atoms with Crippen LogP contribution in [0.25, 0.3) is 102 Å². The van der Waals surface area contributed by atoms with E-state index in [2.05, 4.69) is 241 Å². The lowest BCUT2D eigenvalue weighted by Crippen LogP contribution is -2.61. The van der Waals surface area contributed by atoms with Gasteiger partial charge in [0.05, 0.1) is 11.0 Å². The molecule has 72 heavy (non-hydrogen) atoms. The van der Waals surface area contributed by atoms with Crippen LogP contribution in [0, 0.1) is 0 Å². The van der Waals surface area contributed by atoms with Gasteiger partial charge in [0, 0.05) is 79.5 Å². The van der Waals surface area contributed by atoms with E-state index in [1.165, 1.54) is 146 Å². The first kappa shape index (κ1) is 42.5. The summed E-state index contributed by atoms with van der Waals surface area (Å²) in [4.78, 5) is 4.06. The van der Waals surface area contributed by atoms with Gasteiger partial charge in [0.1, 0.15) is 0 Å². The van der Waals surface area contributed by atoms with Crippen molar-refractivity contribution in [3.63, 3.8) is 0 Å². The highest BCUT2D eigenvalue weighted by atomic mass is 32.1. The lowest BCUT2D eigenvalue weighted by Gasteiger charge is -2.44. The van der Waals surface area contributed by atoms with Gasteiger partial charge in [0.2, 0.25) is 0 Å². The number of anilines is 2. The standard InChI is InChI=1S/C67H53BN2S2/c1-65(2,3)40-27-30-42(31-28-40)70-52-37-56-45(43-23-16-18-26-54(43)71-56)34-47(52)60-61-58(44-24-15-17-25-49(44)67(61,7)8)59-46-33-41(66(4,5)6)29-32-51(46)69-53-35-48-55(36-50(53)68(70)62(60)63(59)69)72-64(39-21-13-10-14-22-39)57(48)38-19-11-9-12-20-38/h9-37H,1-8H3. The van der Waals surface area contributed by atoms with Crippen LogP contribution in [-0.4, -0.2) is 11.4 Å². The molecule has 0 saturated carbocycles. The summed E-state index contributed by atoms with van der Waals surface area (Å²) in [6.45, 7) is 18.9. The first-order chi connectivity index (χ1) is 34.8. The van der Waals surface area contributed by atoms with Gasteiger partial charge in [-0.3, -0.25) is 0 Å². The minimum Gasteiger partial charge on any atom is -0.376 e. The number of aromatic nitrogens is 1. The summed E-state index contributed by atoms with van der Waals surface area (Å²) in [5.41, 5.74) is 23.6. The number of hydrogen-bond donors (Lipinski definition) is 0. The molecule has 1 aliphatic carbocycles. The Morgan fingerprint density at radius 1 is 0.486 bits per heavy atom. The molecular formula is C67H53BN2S2. The molecule has 3 aliphatic rings. The molecule has 0 atom stereocenters. The fourth-order valence-corrected chi connectivity index (χ4v) is 15.6. The number of benzene rings is 9. The van der Waals surface area contributed by atoms with Gasteiger partial charge in [-0.2, -0.15) is 0 Å². The van der Waals surface area contributed by atoms with E-state index in [-0.39, 0.29) is 23.1 Å². The molecule has 5 heteroatoms. The fraction of sp³-hybridized carbons (Fsp3) is 0.164. The Morgan fingerprint density at radius 2 is 1.15 bits per heavy atom. The summed E-state index contributed by atoms with van der Waals surface area (Å²) in [6.07, 6.45) is 0. The summed E-state index contributed by atoms with van der Waals surface area (Å²) in [5.74, 6) is 0. The van der Waals surface area contributed by atoms with Crippen molar-refractivity contribution in [1.82, 2.24) is 4.57 Å². The van der Waals surface area contributed by atoms with Crippen molar-refractivity contribution < 1.29 is 0 Å². The van der Waals surface area contributed by atoms with Gasteiger partial charge < -0.3 is 9.38 Å². The predicted molar refractivity (Wildman–Crippen MR) is 314 cm³/mol. The second-order valence-electron chi connectivity index (χ2n) is 23.2. The quantitative estimate of drug-likeness (QED) is 0.160. The molecule has 15 rings (SSSR count). The van der Waals surface area contributed by atoms with Crippen LogP contribution in [0.1, 0.15) is 77.6 Å². The van der Waals surface area contributed by atoms with Crippen LogP contribution < -0.4 is 15.7 Å². The maximum absolute atomic E-state index is 2.76. The maximum Gasteiger partial charge on any atom is 0.333 e. The summed E-state index contributed by atoms with van der Waals surface area (Å²) in [7, 11) is 0. The molecule has 9 aromatic carbocycles. The molecule has 2 aliphatic heterocycles. The van der Waals surface area contributed by atoms with Gasteiger partial charge in [-0.15, -0.1) is 22.7 Å². The third kappa shape index (κ3) is 5.67. The minimum absolute atomic E-state index is 0.0173. The van der Waals surface area contributed by atoms with Crippen LogP contribution in [0.5, 0.6) is 0 Å². The molecule has 5 heterocycles. The first-order valence-electron chi connectivity index (χ1n) is 25.6. The molecule has 0 fully saturated rings. The van der Waals surface area contributed by atoms with Gasteiger partial charge in [0.25, 0.3) is 0 Å². The zero-order chi connectivity index (χ0) is 48.7. The average Bonchev–Trinajstić information content (AvgIpc) is 4.11. The van der Waals surface area contributed by atoms with Gasteiger partial charge in [-0.1, -0.05) is 177 Å². The molecular weight excluding hydrogens is 908 g/mol. The molecule has 2 nitrogen and oxygen atoms in total. The average molecular weight is 961 g/mol. The molecule has 0 saturated heterocycles. The Morgan fingerprint density at radius 3 is 1.90 bits per heavy atom. The lowest BCUT2D eigenvalue weighted by atomic mass is 9.43. The first-order valence-corrected chi connectivity index (χ1v) is 27.2. The summed E-state index contributed by atoms with van der Waals surface area (Å²) in [6, 6.07) is 67.9. The second-order valence-corrected chi connectivity index (χ2v) is 25.4. The van der Waals surface area contributed by atoms with Gasteiger partial charge in [0.15, 0.2) is 0 Å². The van der Waals surface area contributed by atoms with Crippen molar-refractivity contribution in [3.8, 4) is 49.5 Å². The molecule has 12 aromatic rings. The van der Waals surface area contributed by atoms with Gasteiger partial charge in [-0.25, -0.2) is 0 Å². The van der Waals surface area contributed by atoms with E-state index in [1.54, 1.807) is 0 Å². The summed E-state index contributed by atoms with van der Waals surface area (Å²) < 4.78 is 6.67. The Labute approximate surface area is 429 Å². The molecule has 0 bridgehead atoms. The largest absolute Gasteiger partial charge is 0.376 e. The van der Waals surface area contributed by atoms with Crippen LogP contribution >= 0.6 is 22.7 Å². The van der Waals surface area contributed by atoms with E-state index >= 15 is 0 Å². The number of hydrogen-bond acceptors (Lipinski definition) is 3. The third-order valence-corrected chi connectivity index (χ3v) is 19.0. The fourth-order valence-electron chi connectivity index (χ4n) is 13.2. The monoisotopic (exact) mass is 960 g/mol. The van der Waals surface area contributed by atoms with Crippen LogP contribution in [0.15, 0.2) is 176 Å². The number of nitrogens with zero attached hydrogens (tertiary/aromatic N) is 2. The highest BCUT2D eigenvalue weighted by Gasteiger charge is 2.50. The van der Waals surface area contributed by atoms with E-state index in [0.29, 0.717) is 0 Å². The Kier molecular flexibility index (Phi) is 8.56. The van der Waals surface area contributed by atoms with Crippen LogP contribution in [0.2, 0.25) is 0 Å². The predicted octanol–water partition coefficient (Wildman–Crippen LogP) is 17.8. The maximum atomic E-state index is 2.76. The minimum atomic E-state index is -0.279. The zero-order valence-electron chi connectivity index (χ0n) is 42.0. The topological polar surface area (TPSA) is 8.17 Å². The number of thiophene rings is 2.